The predicted molar refractivity (Wildman–Crippen MR) is 111 cm³/mol. The number of nitrogens with one attached hydrogen (secondary N) is 4. The lowest BCUT2D eigenvalue weighted by atomic mass is 9.97. The molecule has 0 saturated carbocycles. The van der Waals surface area contributed by atoms with Crippen molar-refractivity contribution in [3.05, 3.63) is 18.2 Å². The molecule has 13 heteroatoms. The smallest absolute Gasteiger partial charge is 0.322 e. The summed E-state index contributed by atoms with van der Waals surface area (Å²) in [6.45, 7) is 2.85. The lowest BCUT2D eigenvalue weighted by Crippen LogP contribution is -2.57. The molecule has 0 saturated heterocycles. The molecule has 0 bridgehead atoms. The van der Waals surface area contributed by atoms with Crippen LogP contribution in [0, 0.1) is 5.92 Å². The number of nitrogens with zero attached hydrogens (tertiary/aromatic N) is 1. The van der Waals surface area contributed by atoms with E-state index < -0.39 is 60.8 Å². The lowest BCUT2D eigenvalue weighted by Gasteiger charge is -2.26. The van der Waals surface area contributed by atoms with E-state index in [-0.39, 0.29) is 18.8 Å². The number of carboxylic acid groups (broad SMARTS) is 2. The molecule has 32 heavy (non-hydrogen) atoms. The molecule has 1 aromatic heterocycles. The number of nitrogens with two attached hydrogens (primary N) is 1. The Morgan fingerprint density at radius 1 is 1.09 bits per heavy atom. The Balaban J connectivity index is 2.90. The third-order valence-electron chi connectivity index (χ3n) is 4.82. The van der Waals surface area contributed by atoms with Gasteiger partial charge >= 0.3 is 11.9 Å². The number of aromatic amines is 1. The van der Waals surface area contributed by atoms with Crippen molar-refractivity contribution in [2.75, 3.05) is 6.54 Å². The van der Waals surface area contributed by atoms with Gasteiger partial charge in [0.05, 0.1) is 12.4 Å². The topological polar surface area (TPSA) is 217 Å². The monoisotopic (exact) mass is 454 g/mol. The van der Waals surface area contributed by atoms with Crippen molar-refractivity contribution in [2.24, 2.45) is 11.7 Å². The Hall–Kier alpha value is -3.48. The summed E-state index contributed by atoms with van der Waals surface area (Å²) in [5.41, 5.74) is 6.48. The Kier molecular flexibility index (Phi) is 10.8. The van der Waals surface area contributed by atoms with E-state index in [0.717, 1.165) is 0 Å². The van der Waals surface area contributed by atoms with Gasteiger partial charge in [-0.1, -0.05) is 20.3 Å². The first-order chi connectivity index (χ1) is 15.0. The molecule has 0 spiro atoms. The summed E-state index contributed by atoms with van der Waals surface area (Å²) in [6.07, 6.45) is 2.89. The van der Waals surface area contributed by atoms with Gasteiger partial charge in [0.25, 0.3) is 0 Å². The number of H-pyrrole nitrogens is 1. The number of carbonyl (C=O) groups excluding carboxylic acids is 3. The normalized spacial score (nSPS) is 14.5. The second kappa shape index (κ2) is 13.0. The van der Waals surface area contributed by atoms with E-state index in [1.165, 1.54) is 12.5 Å². The fraction of sp³-hybridized carbons (Fsp3) is 0.579. The zero-order valence-corrected chi connectivity index (χ0v) is 18.0. The van der Waals surface area contributed by atoms with Gasteiger partial charge in [-0.3, -0.25) is 24.0 Å². The largest absolute Gasteiger partial charge is 0.481 e. The molecule has 0 aliphatic heterocycles. The molecule has 13 nitrogen and oxygen atoms in total. The number of amides is 3. The Labute approximate surface area is 184 Å². The standard InChI is InChI=1S/C19H30N6O7/c1-3-10(2)16(19(32)22-8-15(28)29)25-18(31)13(4-5-14(26)27)24-17(30)12(20)6-11-7-21-9-23-11/h7,9-10,12-13,16H,3-6,8,20H2,1-2H3,(H,21,23)(H,22,32)(H,24,30)(H,25,31)(H,26,27)(H,28,29). The number of carbonyl (C=O) groups is 5. The number of hydrogen-bond donors (Lipinski definition) is 7. The molecule has 0 aliphatic carbocycles. The van der Waals surface area contributed by atoms with Crippen molar-refractivity contribution in [1.29, 1.82) is 0 Å². The van der Waals surface area contributed by atoms with E-state index in [1.807, 2.05) is 0 Å². The molecule has 1 aromatic rings. The third-order valence-corrected chi connectivity index (χ3v) is 4.82. The van der Waals surface area contributed by atoms with E-state index in [9.17, 15) is 24.0 Å². The number of aromatic nitrogens is 2. The zero-order chi connectivity index (χ0) is 24.3. The highest BCUT2D eigenvalue weighted by Gasteiger charge is 2.31. The molecule has 8 N–H and O–H groups in total. The minimum Gasteiger partial charge on any atom is -0.481 e. The molecule has 4 unspecified atom stereocenters. The van der Waals surface area contributed by atoms with Gasteiger partial charge in [0.15, 0.2) is 0 Å². The quantitative estimate of drug-likeness (QED) is 0.171. The van der Waals surface area contributed by atoms with Crippen LogP contribution < -0.4 is 21.7 Å². The van der Waals surface area contributed by atoms with E-state index >= 15 is 0 Å². The molecule has 1 rings (SSSR count). The van der Waals surface area contributed by atoms with E-state index in [2.05, 4.69) is 25.9 Å². The lowest BCUT2D eigenvalue weighted by molar-refractivity contribution is -0.139. The van der Waals surface area contributed by atoms with E-state index in [4.69, 9.17) is 15.9 Å². The first kappa shape index (κ1) is 26.6. The number of imidazole rings is 1. The Morgan fingerprint density at radius 3 is 2.31 bits per heavy atom. The van der Waals surface area contributed by atoms with Crippen LogP contribution >= 0.6 is 0 Å². The Bertz CT molecular complexity index is 798. The average Bonchev–Trinajstić information content (AvgIpc) is 3.24. The summed E-state index contributed by atoms with van der Waals surface area (Å²) in [6, 6.07) is -3.36. The molecular weight excluding hydrogens is 424 g/mol. The van der Waals surface area contributed by atoms with E-state index in [0.29, 0.717) is 12.1 Å². The fourth-order valence-corrected chi connectivity index (χ4v) is 2.77. The minimum absolute atomic E-state index is 0.117. The third kappa shape index (κ3) is 9.12. The summed E-state index contributed by atoms with van der Waals surface area (Å²) in [5.74, 6) is -4.92. The van der Waals surface area contributed by atoms with Crippen molar-refractivity contribution in [3.63, 3.8) is 0 Å². The summed E-state index contributed by atoms with van der Waals surface area (Å²) in [4.78, 5) is 66.0. The van der Waals surface area contributed by atoms with Crippen LogP contribution in [0.1, 0.15) is 38.8 Å². The number of rotatable bonds is 14. The SMILES string of the molecule is CCC(C)C(NC(=O)C(CCC(=O)O)NC(=O)C(N)Cc1cnc[nH]1)C(=O)NCC(=O)O. The average molecular weight is 454 g/mol. The van der Waals surface area contributed by atoms with Crippen LogP contribution in [0.5, 0.6) is 0 Å². The summed E-state index contributed by atoms with van der Waals surface area (Å²) >= 11 is 0. The second-order valence-corrected chi connectivity index (χ2v) is 7.36. The highest BCUT2D eigenvalue weighted by molar-refractivity contribution is 5.94. The first-order valence-corrected chi connectivity index (χ1v) is 10.1. The number of aliphatic carboxylic acids is 2. The molecule has 1 heterocycles. The molecule has 0 aliphatic rings. The molecule has 0 radical (unpaired) electrons. The van der Waals surface area contributed by atoms with Gasteiger partial charge in [-0.05, 0) is 12.3 Å². The minimum atomic E-state index is -1.26. The van der Waals surface area contributed by atoms with Gasteiger partial charge in [-0.2, -0.15) is 0 Å². The van der Waals surface area contributed by atoms with Crippen LogP contribution in [-0.4, -0.2) is 74.5 Å². The second-order valence-electron chi connectivity index (χ2n) is 7.36. The Morgan fingerprint density at radius 2 is 1.78 bits per heavy atom. The first-order valence-electron chi connectivity index (χ1n) is 10.1. The molecule has 4 atom stereocenters. The number of hydrogen-bond acceptors (Lipinski definition) is 7. The summed E-state index contributed by atoms with van der Waals surface area (Å²) < 4.78 is 0. The maximum atomic E-state index is 12.8. The van der Waals surface area contributed by atoms with E-state index in [1.54, 1.807) is 13.8 Å². The number of carboxylic acids is 2. The van der Waals surface area contributed by atoms with Crippen LogP contribution in [0.4, 0.5) is 0 Å². The highest BCUT2D eigenvalue weighted by atomic mass is 16.4. The maximum Gasteiger partial charge on any atom is 0.322 e. The molecule has 178 valence electrons. The van der Waals surface area contributed by atoms with Crippen LogP contribution in [0.15, 0.2) is 12.5 Å². The van der Waals surface area contributed by atoms with Gasteiger partial charge in [0.2, 0.25) is 17.7 Å². The van der Waals surface area contributed by atoms with Crippen molar-refractivity contribution < 1.29 is 34.2 Å². The zero-order valence-electron chi connectivity index (χ0n) is 18.0. The van der Waals surface area contributed by atoms with Crippen molar-refractivity contribution >= 4 is 29.7 Å². The van der Waals surface area contributed by atoms with Gasteiger partial charge in [-0.15, -0.1) is 0 Å². The van der Waals surface area contributed by atoms with Gasteiger partial charge < -0.3 is 36.9 Å². The van der Waals surface area contributed by atoms with Crippen LogP contribution in [0.3, 0.4) is 0 Å². The summed E-state index contributed by atoms with van der Waals surface area (Å²) in [5, 5.41) is 24.9. The predicted octanol–water partition coefficient (Wildman–Crippen LogP) is -1.64. The van der Waals surface area contributed by atoms with Gasteiger partial charge in [-0.25, -0.2) is 4.98 Å². The highest BCUT2D eigenvalue weighted by Crippen LogP contribution is 2.10. The fourth-order valence-electron chi connectivity index (χ4n) is 2.77. The molecular formula is C19H30N6O7. The van der Waals surface area contributed by atoms with Crippen molar-refractivity contribution in [2.45, 2.75) is 57.7 Å². The molecule has 0 fully saturated rings. The van der Waals surface area contributed by atoms with Gasteiger partial charge in [0.1, 0.15) is 18.6 Å². The van der Waals surface area contributed by atoms with Crippen LogP contribution in [-0.2, 0) is 30.4 Å². The van der Waals surface area contributed by atoms with Crippen molar-refractivity contribution in [1.82, 2.24) is 25.9 Å². The van der Waals surface area contributed by atoms with Crippen LogP contribution in [0.25, 0.3) is 0 Å². The molecule has 0 aromatic carbocycles. The summed E-state index contributed by atoms with van der Waals surface area (Å²) in [7, 11) is 0. The van der Waals surface area contributed by atoms with Crippen LogP contribution in [0.2, 0.25) is 0 Å². The maximum absolute atomic E-state index is 12.8. The van der Waals surface area contributed by atoms with Crippen molar-refractivity contribution in [3.8, 4) is 0 Å². The molecule has 3 amide bonds. The van der Waals surface area contributed by atoms with Gasteiger partial charge in [0, 0.05) is 24.7 Å².